The summed E-state index contributed by atoms with van der Waals surface area (Å²) in [6.45, 7) is -0.710. The lowest BCUT2D eigenvalue weighted by atomic mass is 9.84. The van der Waals surface area contributed by atoms with Crippen LogP contribution in [0.4, 0.5) is 4.79 Å². The molecule has 1 N–H and O–H groups in total. The zero-order chi connectivity index (χ0) is 20.6. The highest BCUT2D eigenvalue weighted by Gasteiger charge is 2.55. The van der Waals surface area contributed by atoms with Gasteiger partial charge in [0.25, 0.3) is 11.8 Å². The monoisotopic (exact) mass is 401 g/mol. The van der Waals surface area contributed by atoms with E-state index in [9.17, 15) is 24.0 Å². The van der Waals surface area contributed by atoms with Crippen molar-refractivity contribution < 1.29 is 33.4 Å². The summed E-state index contributed by atoms with van der Waals surface area (Å²) < 4.78 is 10.4. The van der Waals surface area contributed by atoms with Gasteiger partial charge < -0.3 is 14.8 Å². The van der Waals surface area contributed by atoms with Crippen molar-refractivity contribution in [2.45, 2.75) is 24.8 Å². The van der Waals surface area contributed by atoms with Crippen LogP contribution >= 0.6 is 0 Å². The lowest BCUT2D eigenvalue weighted by Gasteiger charge is -2.33. The van der Waals surface area contributed by atoms with Gasteiger partial charge in [-0.1, -0.05) is 18.2 Å². The Hall–Kier alpha value is -3.43. The number of ether oxygens (including phenoxy) is 2. The predicted octanol–water partition coefficient (Wildman–Crippen LogP) is -0.0916. The SMILES string of the molecule is O=C(CN1C(=O)N[C@@]2(CCOc3ccccc32)C1=O)OCC(=O)N1CCCC1=O. The third-order valence-electron chi connectivity index (χ3n) is 5.28. The molecule has 1 aromatic carbocycles. The van der Waals surface area contributed by atoms with Crippen molar-refractivity contribution in [3.8, 4) is 5.75 Å². The molecule has 0 radical (unpaired) electrons. The second kappa shape index (κ2) is 7.19. The minimum absolute atomic E-state index is 0.232. The number of nitrogens with one attached hydrogen (secondary N) is 1. The molecular formula is C19H19N3O7. The third-order valence-corrected chi connectivity index (χ3v) is 5.28. The lowest BCUT2D eigenvalue weighted by Crippen LogP contribution is -2.47. The molecule has 29 heavy (non-hydrogen) atoms. The Morgan fingerprint density at radius 2 is 2.00 bits per heavy atom. The Balaban J connectivity index is 1.42. The van der Waals surface area contributed by atoms with Gasteiger partial charge in [0.1, 0.15) is 12.3 Å². The van der Waals surface area contributed by atoms with Crippen LogP contribution in [0.1, 0.15) is 24.8 Å². The van der Waals surface area contributed by atoms with Crippen LogP contribution < -0.4 is 10.1 Å². The number of carbonyl (C=O) groups is 5. The topological polar surface area (TPSA) is 122 Å². The van der Waals surface area contributed by atoms with Gasteiger partial charge in [-0.25, -0.2) is 4.79 Å². The number of nitrogens with zero attached hydrogens (tertiary/aromatic N) is 2. The Morgan fingerprint density at radius 1 is 1.21 bits per heavy atom. The lowest BCUT2D eigenvalue weighted by molar-refractivity contribution is -0.155. The number of rotatable bonds is 4. The molecule has 1 aromatic rings. The number of para-hydroxylation sites is 1. The highest BCUT2D eigenvalue weighted by molar-refractivity contribution is 6.09. The van der Waals surface area contributed by atoms with Crippen molar-refractivity contribution in [1.82, 2.24) is 15.1 Å². The molecule has 10 nitrogen and oxygen atoms in total. The number of benzene rings is 1. The van der Waals surface area contributed by atoms with Crippen LogP contribution in [0.25, 0.3) is 0 Å². The van der Waals surface area contributed by atoms with Crippen LogP contribution in [0, 0.1) is 0 Å². The molecule has 152 valence electrons. The molecule has 0 saturated carbocycles. The predicted molar refractivity (Wildman–Crippen MR) is 95.4 cm³/mol. The molecule has 3 heterocycles. The molecule has 5 amide bonds. The Morgan fingerprint density at radius 3 is 2.76 bits per heavy atom. The Labute approximate surface area is 165 Å². The molecule has 0 aromatic heterocycles. The van der Waals surface area contributed by atoms with Crippen LogP contribution in [0.15, 0.2) is 24.3 Å². The molecule has 2 saturated heterocycles. The van der Waals surface area contributed by atoms with Gasteiger partial charge in [0.05, 0.1) is 6.61 Å². The number of hydrogen-bond acceptors (Lipinski definition) is 7. The number of fused-ring (bicyclic) bond motifs is 2. The number of imide groups is 2. The number of amides is 5. The fraction of sp³-hybridized carbons (Fsp3) is 0.421. The zero-order valence-electron chi connectivity index (χ0n) is 15.5. The minimum Gasteiger partial charge on any atom is -0.493 e. The molecule has 1 spiro atoms. The summed E-state index contributed by atoms with van der Waals surface area (Å²) in [6, 6.07) is 6.18. The van der Waals surface area contributed by atoms with E-state index in [1.165, 1.54) is 0 Å². The van der Waals surface area contributed by atoms with Crippen molar-refractivity contribution in [3.05, 3.63) is 29.8 Å². The highest BCUT2D eigenvalue weighted by Crippen LogP contribution is 2.40. The first-order valence-corrected chi connectivity index (χ1v) is 9.27. The first-order valence-electron chi connectivity index (χ1n) is 9.27. The molecule has 4 rings (SSSR count). The van der Waals surface area contributed by atoms with E-state index >= 15 is 0 Å². The molecule has 3 aliphatic rings. The second-order valence-electron chi connectivity index (χ2n) is 7.02. The molecule has 0 unspecified atom stereocenters. The number of urea groups is 1. The summed E-state index contributed by atoms with van der Waals surface area (Å²) in [6.07, 6.45) is 1.10. The average molecular weight is 401 g/mol. The van der Waals surface area contributed by atoms with Crippen LogP contribution in [0.3, 0.4) is 0 Å². The normalized spacial score (nSPS) is 23.1. The van der Waals surface area contributed by atoms with E-state index in [2.05, 4.69) is 5.32 Å². The van der Waals surface area contributed by atoms with Crippen molar-refractivity contribution in [1.29, 1.82) is 0 Å². The minimum atomic E-state index is -1.29. The molecule has 0 aliphatic carbocycles. The fourth-order valence-corrected chi connectivity index (χ4v) is 3.82. The van der Waals surface area contributed by atoms with Gasteiger partial charge in [-0.3, -0.25) is 29.0 Å². The maximum atomic E-state index is 13.0. The van der Waals surface area contributed by atoms with Crippen molar-refractivity contribution in [2.75, 3.05) is 26.3 Å². The van der Waals surface area contributed by atoms with Crippen molar-refractivity contribution in [3.63, 3.8) is 0 Å². The summed E-state index contributed by atoms with van der Waals surface area (Å²) in [5.74, 6) is -1.91. The van der Waals surface area contributed by atoms with E-state index in [0.717, 1.165) is 9.80 Å². The maximum absolute atomic E-state index is 13.0. The van der Waals surface area contributed by atoms with Gasteiger partial charge in [0.15, 0.2) is 12.1 Å². The van der Waals surface area contributed by atoms with Crippen molar-refractivity contribution in [2.24, 2.45) is 0 Å². The highest BCUT2D eigenvalue weighted by atomic mass is 16.5. The van der Waals surface area contributed by atoms with Gasteiger partial charge in [0, 0.05) is 24.9 Å². The van der Waals surface area contributed by atoms with E-state index in [0.29, 0.717) is 24.3 Å². The summed E-state index contributed by atoms with van der Waals surface area (Å²) in [7, 11) is 0. The van der Waals surface area contributed by atoms with Gasteiger partial charge in [-0.05, 0) is 12.5 Å². The van der Waals surface area contributed by atoms with Crippen LogP contribution in [0.2, 0.25) is 0 Å². The van der Waals surface area contributed by atoms with E-state index in [1.54, 1.807) is 24.3 Å². The largest absolute Gasteiger partial charge is 0.493 e. The first-order chi connectivity index (χ1) is 13.9. The van der Waals surface area contributed by atoms with Crippen molar-refractivity contribution >= 4 is 29.7 Å². The number of hydrogen-bond donors (Lipinski definition) is 1. The standard InChI is InChI=1S/C19H19N3O7/c23-14-6-3-8-21(14)15(24)11-29-16(25)10-22-17(26)19(20-18(22)27)7-9-28-13-5-2-1-4-12(13)19/h1-2,4-5H,3,6-11H2,(H,20,27)/t19-/m1/s1. The summed E-state index contributed by atoms with van der Waals surface area (Å²) in [4.78, 5) is 62.9. The van der Waals surface area contributed by atoms with E-state index in [-0.39, 0.29) is 25.4 Å². The van der Waals surface area contributed by atoms with E-state index < -0.39 is 42.5 Å². The van der Waals surface area contributed by atoms with Crippen LogP contribution in [0.5, 0.6) is 5.75 Å². The molecule has 0 bridgehead atoms. The third kappa shape index (κ3) is 3.20. The van der Waals surface area contributed by atoms with Crippen LogP contribution in [-0.2, 0) is 29.5 Å². The number of esters is 1. The van der Waals surface area contributed by atoms with E-state index in [4.69, 9.17) is 9.47 Å². The molecule has 1 atom stereocenters. The molecule has 3 aliphatic heterocycles. The maximum Gasteiger partial charge on any atom is 0.326 e. The number of likely N-dealkylation sites (tertiary alicyclic amines) is 1. The summed E-state index contributed by atoms with van der Waals surface area (Å²) in [5.41, 5.74) is -0.757. The molecular weight excluding hydrogens is 382 g/mol. The molecule has 2 fully saturated rings. The number of carbonyl (C=O) groups excluding carboxylic acids is 5. The fourth-order valence-electron chi connectivity index (χ4n) is 3.82. The Kier molecular flexibility index (Phi) is 4.69. The molecule has 10 heteroatoms. The van der Waals surface area contributed by atoms with Gasteiger partial charge in [-0.2, -0.15) is 0 Å². The van der Waals surface area contributed by atoms with Gasteiger partial charge in [0.2, 0.25) is 5.91 Å². The zero-order valence-corrected chi connectivity index (χ0v) is 15.5. The average Bonchev–Trinajstić information content (AvgIpc) is 3.24. The quantitative estimate of drug-likeness (QED) is 0.553. The first kappa shape index (κ1) is 18.9. The van der Waals surface area contributed by atoms with Gasteiger partial charge >= 0.3 is 12.0 Å². The summed E-state index contributed by atoms with van der Waals surface area (Å²) >= 11 is 0. The summed E-state index contributed by atoms with van der Waals surface area (Å²) in [5, 5.41) is 2.68. The smallest absolute Gasteiger partial charge is 0.326 e. The van der Waals surface area contributed by atoms with E-state index in [1.807, 2.05) is 0 Å². The van der Waals surface area contributed by atoms with Gasteiger partial charge in [-0.15, -0.1) is 0 Å². The second-order valence-corrected chi connectivity index (χ2v) is 7.02. The van der Waals surface area contributed by atoms with Crippen LogP contribution in [-0.4, -0.2) is 65.8 Å². The Bertz CT molecular complexity index is 915.